The molecule has 1 aliphatic heterocycles. The van der Waals surface area contributed by atoms with Crippen molar-refractivity contribution in [1.82, 2.24) is 4.90 Å². The lowest BCUT2D eigenvalue weighted by Crippen LogP contribution is -2.44. The second-order valence-corrected chi connectivity index (χ2v) is 6.28. The van der Waals surface area contributed by atoms with Crippen LogP contribution in [0.4, 0.5) is 0 Å². The molecule has 18 heavy (non-hydrogen) atoms. The van der Waals surface area contributed by atoms with E-state index < -0.39 is 0 Å². The molecule has 1 saturated heterocycles. The maximum atomic E-state index is 12.4. The molecule has 1 fully saturated rings. The smallest absolute Gasteiger partial charge is 0.255 e. The molecule has 2 amide bonds. The first-order valence-corrected chi connectivity index (χ1v) is 6.96. The van der Waals surface area contributed by atoms with Crippen LogP contribution in [-0.4, -0.2) is 29.8 Å². The Labute approximate surface area is 111 Å². The first-order chi connectivity index (χ1) is 8.49. The zero-order chi connectivity index (χ0) is 13.3. The molecular weight excluding hydrogens is 248 g/mol. The number of carbonyl (C=O) groups excluding carboxylic acids is 2. The molecule has 0 aromatic carbocycles. The van der Waals surface area contributed by atoms with Crippen molar-refractivity contribution in [3.05, 3.63) is 21.4 Å². The highest BCUT2D eigenvalue weighted by molar-refractivity contribution is 7.12. The van der Waals surface area contributed by atoms with Crippen molar-refractivity contribution in [2.24, 2.45) is 11.7 Å². The molecule has 0 spiro atoms. The van der Waals surface area contributed by atoms with E-state index in [0.29, 0.717) is 6.54 Å². The van der Waals surface area contributed by atoms with E-state index in [9.17, 15) is 9.59 Å². The van der Waals surface area contributed by atoms with Gasteiger partial charge in [-0.05, 0) is 32.8 Å². The molecule has 0 radical (unpaired) electrons. The number of nitrogens with zero attached hydrogens (tertiary/aromatic N) is 1. The third-order valence-corrected chi connectivity index (χ3v) is 4.35. The lowest BCUT2D eigenvalue weighted by molar-refractivity contribution is -0.123. The number of piperidine rings is 1. The van der Waals surface area contributed by atoms with Crippen molar-refractivity contribution < 1.29 is 9.59 Å². The van der Waals surface area contributed by atoms with Crippen LogP contribution in [0.15, 0.2) is 6.07 Å². The van der Waals surface area contributed by atoms with Gasteiger partial charge in [-0.1, -0.05) is 0 Å². The average Bonchev–Trinajstić information content (AvgIpc) is 2.67. The van der Waals surface area contributed by atoms with Crippen molar-refractivity contribution >= 4 is 23.2 Å². The van der Waals surface area contributed by atoms with E-state index in [4.69, 9.17) is 5.73 Å². The van der Waals surface area contributed by atoms with Crippen molar-refractivity contribution in [3.63, 3.8) is 0 Å². The van der Waals surface area contributed by atoms with Crippen LogP contribution in [0.5, 0.6) is 0 Å². The average molecular weight is 266 g/mol. The van der Waals surface area contributed by atoms with Gasteiger partial charge >= 0.3 is 0 Å². The summed E-state index contributed by atoms with van der Waals surface area (Å²) in [6, 6.07) is 1.93. The minimum Gasteiger partial charge on any atom is -0.369 e. The van der Waals surface area contributed by atoms with Crippen LogP contribution in [0.2, 0.25) is 0 Å². The fraction of sp³-hybridized carbons (Fsp3) is 0.538. The Morgan fingerprint density at radius 2 is 2.17 bits per heavy atom. The number of aryl methyl sites for hydroxylation is 2. The maximum Gasteiger partial charge on any atom is 0.255 e. The van der Waals surface area contributed by atoms with E-state index in [1.54, 1.807) is 16.2 Å². The quantitative estimate of drug-likeness (QED) is 0.885. The predicted octanol–water partition coefficient (Wildman–Crippen LogP) is 1.70. The summed E-state index contributed by atoms with van der Waals surface area (Å²) in [4.78, 5) is 27.5. The van der Waals surface area contributed by atoms with Crippen LogP contribution < -0.4 is 5.73 Å². The standard InChI is InChI=1S/C13H18N2O2S/c1-8-6-11(9(2)18-8)13(17)15-5-3-4-10(7-15)12(14)16/h6,10H,3-5,7H2,1-2H3,(H2,14,16). The van der Waals surface area contributed by atoms with Gasteiger partial charge in [-0.15, -0.1) is 11.3 Å². The monoisotopic (exact) mass is 266 g/mol. The second-order valence-electron chi connectivity index (χ2n) is 4.82. The molecule has 0 saturated carbocycles. The number of carbonyl (C=O) groups is 2. The van der Waals surface area contributed by atoms with Crippen LogP contribution in [-0.2, 0) is 4.79 Å². The van der Waals surface area contributed by atoms with Gasteiger partial charge < -0.3 is 10.6 Å². The second kappa shape index (κ2) is 5.10. The van der Waals surface area contributed by atoms with Gasteiger partial charge in [-0.2, -0.15) is 0 Å². The van der Waals surface area contributed by atoms with Gasteiger partial charge in [0.2, 0.25) is 5.91 Å². The predicted molar refractivity (Wildman–Crippen MR) is 71.6 cm³/mol. The normalized spacial score (nSPS) is 19.9. The highest BCUT2D eigenvalue weighted by atomic mass is 32.1. The van der Waals surface area contributed by atoms with Gasteiger partial charge in [0.15, 0.2) is 0 Å². The van der Waals surface area contributed by atoms with Gasteiger partial charge in [-0.25, -0.2) is 0 Å². The Hall–Kier alpha value is -1.36. The van der Waals surface area contributed by atoms with Crippen molar-refractivity contribution in [2.75, 3.05) is 13.1 Å². The van der Waals surface area contributed by atoms with Gasteiger partial charge in [0, 0.05) is 22.8 Å². The molecule has 1 aromatic heterocycles. The van der Waals surface area contributed by atoms with Gasteiger partial charge in [0.25, 0.3) is 5.91 Å². The number of amides is 2. The van der Waals surface area contributed by atoms with E-state index in [-0.39, 0.29) is 17.7 Å². The Balaban J connectivity index is 2.14. The largest absolute Gasteiger partial charge is 0.369 e. The van der Waals surface area contributed by atoms with Gasteiger partial charge in [-0.3, -0.25) is 9.59 Å². The molecular formula is C13H18N2O2S. The van der Waals surface area contributed by atoms with E-state index in [2.05, 4.69) is 0 Å². The third-order valence-electron chi connectivity index (χ3n) is 3.38. The topological polar surface area (TPSA) is 63.4 Å². The van der Waals surface area contributed by atoms with Crippen LogP contribution in [0.1, 0.15) is 33.0 Å². The van der Waals surface area contributed by atoms with E-state index in [1.807, 2.05) is 19.9 Å². The molecule has 1 aliphatic rings. The van der Waals surface area contributed by atoms with Crippen molar-refractivity contribution in [2.45, 2.75) is 26.7 Å². The summed E-state index contributed by atoms with van der Waals surface area (Å²) in [6.45, 7) is 5.14. The van der Waals surface area contributed by atoms with Gasteiger partial charge in [0.1, 0.15) is 0 Å². The number of rotatable bonds is 2. The van der Waals surface area contributed by atoms with Crippen LogP contribution >= 0.6 is 11.3 Å². The maximum absolute atomic E-state index is 12.4. The fourth-order valence-corrected chi connectivity index (χ4v) is 3.32. The fourth-order valence-electron chi connectivity index (χ4n) is 2.41. The lowest BCUT2D eigenvalue weighted by Gasteiger charge is -2.31. The van der Waals surface area contributed by atoms with E-state index in [0.717, 1.165) is 34.7 Å². The summed E-state index contributed by atoms with van der Waals surface area (Å²) in [6.07, 6.45) is 1.64. The molecule has 2 N–H and O–H groups in total. The number of hydrogen-bond donors (Lipinski definition) is 1. The number of likely N-dealkylation sites (tertiary alicyclic amines) is 1. The van der Waals surface area contributed by atoms with Crippen LogP contribution in [0.3, 0.4) is 0 Å². The van der Waals surface area contributed by atoms with Crippen LogP contribution in [0, 0.1) is 19.8 Å². The minimum absolute atomic E-state index is 0.0304. The van der Waals surface area contributed by atoms with Crippen molar-refractivity contribution in [1.29, 1.82) is 0 Å². The molecule has 1 atom stereocenters. The number of thiophene rings is 1. The summed E-state index contributed by atoms with van der Waals surface area (Å²) < 4.78 is 0. The number of nitrogens with two attached hydrogens (primary N) is 1. The highest BCUT2D eigenvalue weighted by Crippen LogP contribution is 2.24. The molecule has 0 bridgehead atoms. The summed E-state index contributed by atoms with van der Waals surface area (Å²) >= 11 is 1.63. The molecule has 0 aliphatic carbocycles. The third kappa shape index (κ3) is 2.56. The Morgan fingerprint density at radius 1 is 1.44 bits per heavy atom. The summed E-state index contributed by atoms with van der Waals surface area (Å²) in [5, 5.41) is 0. The summed E-state index contributed by atoms with van der Waals surface area (Å²) in [5.41, 5.74) is 6.09. The highest BCUT2D eigenvalue weighted by Gasteiger charge is 2.28. The minimum atomic E-state index is -0.300. The molecule has 5 heteroatoms. The SMILES string of the molecule is Cc1cc(C(=O)N2CCCC(C(N)=O)C2)c(C)s1. The van der Waals surface area contributed by atoms with E-state index in [1.165, 1.54) is 0 Å². The zero-order valence-electron chi connectivity index (χ0n) is 10.7. The van der Waals surface area contributed by atoms with E-state index >= 15 is 0 Å². The summed E-state index contributed by atoms with van der Waals surface area (Å²) in [7, 11) is 0. The molecule has 1 unspecified atom stereocenters. The first-order valence-electron chi connectivity index (χ1n) is 6.14. The summed E-state index contributed by atoms with van der Waals surface area (Å²) in [5.74, 6) is -0.462. The Kier molecular flexibility index (Phi) is 3.71. The zero-order valence-corrected chi connectivity index (χ0v) is 11.5. The molecule has 2 rings (SSSR count). The molecule has 4 nitrogen and oxygen atoms in total. The van der Waals surface area contributed by atoms with Crippen LogP contribution in [0.25, 0.3) is 0 Å². The molecule has 98 valence electrons. The lowest BCUT2D eigenvalue weighted by atomic mass is 9.97. The number of primary amides is 1. The Bertz CT molecular complexity index is 481. The van der Waals surface area contributed by atoms with Crippen molar-refractivity contribution in [3.8, 4) is 0 Å². The number of hydrogen-bond acceptors (Lipinski definition) is 3. The Morgan fingerprint density at radius 3 is 2.72 bits per heavy atom. The first kappa shape index (κ1) is 13.1. The molecule has 2 heterocycles. The molecule has 1 aromatic rings. The van der Waals surface area contributed by atoms with Gasteiger partial charge in [0.05, 0.1) is 11.5 Å².